The van der Waals surface area contributed by atoms with Crippen molar-refractivity contribution in [2.75, 3.05) is 5.88 Å². The lowest BCUT2D eigenvalue weighted by atomic mass is 9.88. The number of aromatic nitrogens is 1. The van der Waals surface area contributed by atoms with Gasteiger partial charge in [0.25, 0.3) is 0 Å². The van der Waals surface area contributed by atoms with Crippen LogP contribution in [0.3, 0.4) is 0 Å². The lowest BCUT2D eigenvalue weighted by molar-refractivity contribution is 0.586. The molecule has 0 aliphatic carbocycles. The van der Waals surface area contributed by atoms with E-state index in [2.05, 4.69) is 31.8 Å². The molecule has 0 amide bonds. The predicted molar refractivity (Wildman–Crippen MR) is 62.0 cm³/mol. The van der Waals surface area contributed by atoms with Crippen molar-refractivity contribution in [3.63, 3.8) is 0 Å². The standard InChI is InChI=1S/C12H15ClN2/c1-12(2,3)10-4-5-11(15-8-10)9(6-13)7-14/h4-5,8-9H,6H2,1-3H3. The van der Waals surface area contributed by atoms with Crippen LogP contribution >= 0.6 is 11.6 Å². The second-order valence-corrected chi connectivity index (χ2v) is 4.87. The molecule has 1 unspecified atom stereocenters. The van der Waals surface area contributed by atoms with E-state index in [1.54, 1.807) is 0 Å². The molecule has 1 aromatic heterocycles. The lowest BCUT2D eigenvalue weighted by Gasteiger charge is -2.18. The minimum absolute atomic E-state index is 0.0919. The first-order valence-corrected chi connectivity index (χ1v) is 5.44. The molecule has 0 aliphatic rings. The Balaban J connectivity index is 2.96. The van der Waals surface area contributed by atoms with Gasteiger partial charge in [-0.25, -0.2) is 0 Å². The van der Waals surface area contributed by atoms with Gasteiger partial charge < -0.3 is 0 Å². The van der Waals surface area contributed by atoms with Crippen molar-refractivity contribution in [1.29, 1.82) is 5.26 Å². The monoisotopic (exact) mass is 222 g/mol. The number of nitrogens with zero attached hydrogens (tertiary/aromatic N) is 2. The number of nitriles is 1. The van der Waals surface area contributed by atoms with Crippen molar-refractivity contribution >= 4 is 11.6 Å². The van der Waals surface area contributed by atoms with Gasteiger partial charge in [0.1, 0.15) is 5.92 Å². The Bertz CT molecular complexity index is 357. The summed E-state index contributed by atoms with van der Waals surface area (Å²) in [6.45, 7) is 6.40. The summed E-state index contributed by atoms with van der Waals surface area (Å²) >= 11 is 5.67. The third kappa shape index (κ3) is 2.94. The van der Waals surface area contributed by atoms with Crippen LogP contribution in [0.5, 0.6) is 0 Å². The fraction of sp³-hybridized carbons (Fsp3) is 0.500. The second-order valence-electron chi connectivity index (χ2n) is 4.56. The Labute approximate surface area is 95.9 Å². The van der Waals surface area contributed by atoms with Gasteiger partial charge in [-0.3, -0.25) is 4.98 Å². The fourth-order valence-corrected chi connectivity index (χ4v) is 1.46. The van der Waals surface area contributed by atoms with Gasteiger partial charge in [-0.05, 0) is 17.0 Å². The molecule has 0 aliphatic heterocycles. The largest absolute Gasteiger partial charge is 0.260 e. The van der Waals surface area contributed by atoms with Gasteiger partial charge in [-0.15, -0.1) is 11.6 Å². The topological polar surface area (TPSA) is 36.7 Å². The van der Waals surface area contributed by atoms with E-state index in [1.165, 1.54) is 0 Å². The second kappa shape index (κ2) is 4.63. The maximum absolute atomic E-state index is 8.83. The molecular formula is C12H15ClN2. The third-order valence-corrected chi connectivity index (χ3v) is 2.63. The van der Waals surface area contributed by atoms with Crippen LogP contribution in [-0.2, 0) is 5.41 Å². The van der Waals surface area contributed by atoms with E-state index in [0.29, 0.717) is 5.88 Å². The Morgan fingerprint density at radius 2 is 2.13 bits per heavy atom. The van der Waals surface area contributed by atoms with E-state index < -0.39 is 0 Å². The molecule has 0 fully saturated rings. The van der Waals surface area contributed by atoms with Crippen molar-refractivity contribution in [3.05, 3.63) is 29.6 Å². The van der Waals surface area contributed by atoms with E-state index in [0.717, 1.165) is 11.3 Å². The molecule has 1 heterocycles. The molecule has 80 valence electrons. The van der Waals surface area contributed by atoms with Crippen molar-refractivity contribution in [1.82, 2.24) is 4.98 Å². The average molecular weight is 223 g/mol. The van der Waals surface area contributed by atoms with Crippen LogP contribution < -0.4 is 0 Å². The Morgan fingerprint density at radius 1 is 1.47 bits per heavy atom. The first kappa shape index (κ1) is 12.0. The molecule has 0 bridgehead atoms. The third-order valence-electron chi connectivity index (χ3n) is 2.32. The number of hydrogen-bond donors (Lipinski definition) is 0. The number of hydrogen-bond acceptors (Lipinski definition) is 2. The fourth-order valence-electron chi connectivity index (χ4n) is 1.23. The molecule has 15 heavy (non-hydrogen) atoms. The normalized spacial score (nSPS) is 13.3. The molecule has 0 spiro atoms. The van der Waals surface area contributed by atoms with Gasteiger partial charge in [0.2, 0.25) is 0 Å². The van der Waals surface area contributed by atoms with E-state index >= 15 is 0 Å². The smallest absolute Gasteiger partial charge is 0.102 e. The zero-order chi connectivity index (χ0) is 11.5. The molecule has 0 radical (unpaired) electrons. The van der Waals surface area contributed by atoms with Crippen LogP contribution in [0.1, 0.15) is 37.9 Å². The summed E-state index contributed by atoms with van der Waals surface area (Å²) < 4.78 is 0. The molecule has 0 saturated carbocycles. The highest BCUT2D eigenvalue weighted by Crippen LogP contribution is 2.22. The Morgan fingerprint density at radius 3 is 2.47 bits per heavy atom. The van der Waals surface area contributed by atoms with E-state index in [1.807, 2.05) is 18.3 Å². The van der Waals surface area contributed by atoms with Gasteiger partial charge in [-0.2, -0.15) is 5.26 Å². The molecule has 0 aromatic carbocycles. The summed E-state index contributed by atoms with van der Waals surface area (Å²) in [4.78, 5) is 4.28. The quantitative estimate of drug-likeness (QED) is 0.721. The zero-order valence-electron chi connectivity index (χ0n) is 9.29. The predicted octanol–water partition coefficient (Wildman–Crippen LogP) is 3.23. The van der Waals surface area contributed by atoms with Gasteiger partial charge in [-0.1, -0.05) is 26.8 Å². The van der Waals surface area contributed by atoms with Crippen LogP contribution in [0.25, 0.3) is 0 Å². The molecular weight excluding hydrogens is 208 g/mol. The summed E-state index contributed by atoms with van der Waals surface area (Å²) in [6.07, 6.45) is 1.83. The summed E-state index contributed by atoms with van der Waals surface area (Å²) in [5.74, 6) is -0.0149. The lowest BCUT2D eigenvalue weighted by Crippen LogP contribution is -2.12. The maximum Gasteiger partial charge on any atom is 0.102 e. The van der Waals surface area contributed by atoms with Gasteiger partial charge >= 0.3 is 0 Å². The van der Waals surface area contributed by atoms with Crippen LogP contribution in [0, 0.1) is 11.3 Å². The summed E-state index contributed by atoms with van der Waals surface area (Å²) in [7, 11) is 0. The van der Waals surface area contributed by atoms with E-state index in [4.69, 9.17) is 16.9 Å². The maximum atomic E-state index is 8.83. The van der Waals surface area contributed by atoms with Gasteiger partial charge in [0.15, 0.2) is 0 Å². The highest BCUT2D eigenvalue weighted by molar-refractivity contribution is 6.18. The van der Waals surface area contributed by atoms with Gasteiger partial charge in [0.05, 0.1) is 11.8 Å². The highest BCUT2D eigenvalue weighted by atomic mass is 35.5. The Hall–Kier alpha value is -1.07. The molecule has 3 heteroatoms. The summed E-state index contributed by atoms with van der Waals surface area (Å²) in [6, 6.07) is 6.03. The molecule has 0 N–H and O–H groups in total. The van der Waals surface area contributed by atoms with Gasteiger partial charge in [0, 0.05) is 12.1 Å². The number of rotatable bonds is 2. The van der Waals surface area contributed by atoms with Crippen molar-refractivity contribution in [2.45, 2.75) is 32.1 Å². The number of halogens is 1. The first-order chi connectivity index (χ1) is 6.99. The molecule has 1 atom stereocenters. The number of alkyl halides is 1. The van der Waals surface area contributed by atoms with Crippen LogP contribution in [0.2, 0.25) is 0 Å². The van der Waals surface area contributed by atoms with E-state index in [-0.39, 0.29) is 11.3 Å². The summed E-state index contributed by atoms with van der Waals surface area (Å²) in [5.41, 5.74) is 2.01. The zero-order valence-corrected chi connectivity index (χ0v) is 10.0. The minimum Gasteiger partial charge on any atom is -0.260 e. The van der Waals surface area contributed by atoms with Crippen LogP contribution in [0.15, 0.2) is 18.3 Å². The highest BCUT2D eigenvalue weighted by Gasteiger charge is 2.15. The SMILES string of the molecule is CC(C)(C)c1ccc(C(C#N)CCl)nc1. The average Bonchev–Trinajstić information content (AvgIpc) is 2.19. The van der Waals surface area contributed by atoms with Crippen molar-refractivity contribution in [3.8, 4) is 6.07 Å². The van der Waals surface area contributed by atoms with Crippen LogP contribution in [-0.4, -0.2) is 10.9 Å². The minimum atomic E-state index is -0.305. The number of pyridine rings is 1. The van der Waals surface area contributed by atoms with Crippen molar-refractivity contribution in [2.24, 2.45) is 0 Å². The molecule has 1 rings (SSSR count). The van der Waals surface area contributed by atoms with Crippen LogP contribution in [0.4, 0.5) is 0 Å². The first-order valence-electron chi connectivity index (χ1n) is 4.91. The molecule has 0 saturated heterocycles. The molecule has 2 nitrogen and oxygen atoms in total. The van der Waals surface area contributed by atoms with E-state index in [9.17, 15) is 0 Å². The summed E-state index contributed by atoms with van der Waals surface area (Å²) in [5, 5.41) is 8.83. The van der Waals surface area contributed by atoms with Crippen molar-refractivity contribution < 1.29 is 0 Å². The Kier molecular flexibility index (Phi) is 3.71. The molecule has 1 aromatic rings.